The van der Waals surface area contributed by atoms with Crippen LogP contribution in [0.15, 0.2) is 30.3 Å². The first kappa shape index (κ1) is 11.5. The molecule has 0 unspecified atom stereocenters. The van der Waals surface area contributed by atoms with Crippen molar-refractivity contribution in [3.63, 3.8) is 0 Å². The highest BCUT2D eigenvalue weighted by Crippen LogP contribution is 2.31. The van der Waals surface area contributed by atoms with Gasteiger partial charge in [-0.1, -0.05) is 12.1 Å². The number of hydrogen-bond donors (Lipinski definition) is 2. The smallest absolute Gasteiger partial charge is 0.0346 e. The average Bonchev–Trinajstić information content (AvgIpc) is 2.28. The fourth-order valence-corrected chi connectivity index (χ4v) is 2.12. The number of anilines is 2. The summed E-state index contributed by atoms with van der Waals surface area (Å²) in [6.45, 7) is 6.24. The van der Waals surface area contributed by atoms with Crippen LogP contribution in [0.3, 0.4) is 0 Å². The summed E-state index contributed by atoms with van der Waals surface area (Å²) in [6, 6.07) is 10.1. The number of hydrogen-bond acceptors (Lipinski definition) is 2. The molecule has 0 radical (unpaired) electrons. The largest absolute Gasteiger partial charge is 0.399 e. The molecule has 2 aromatic rings. The van der Waals surface area contributed by atoms with E-state index in [-0.39, 0.29) is 0 Å². The molecule has 0 aliphatic heterocycles. The van der Waals surface area contributed by atoms with Gasteiger partial charge in [-0.05, 0) is 66.8 Å². The predicted octanol–water partition coefficient (Wildman–Crippen LogP) is 3.44. The van der Waals surface area contributed by atoms with Gasteiger partial charge in [0.15, 0.2) is 0 Å². The maximum atomic E-state index is 5.91. The third kappa shape index (κ3) is 1.98. The molecule has 0 spiro atoms. The number of nitrogen functional groups attached to an aromatic ring is 2. The van der Waals surface area contributed by atoms with Crippen molar-refractivity contribution in [3.8, 4) is 11.1 Å². The zero-order valence-electron chi connectivity index (χ0n) is 10.5. The molecule has 2 nitrogen and oxygen atoms in total. The van der Waals surface area contributed by atoms with Gasteiger partial charge in [-0.15, -0.1) is 0 Å². The van der Waals surface area contributed by atoms with E-state index >= 15 is 0 Å². The Morgan fingerprint density at radius 2 is 1.41 bits per heavy atom. The molecule has 2 rings (SSSR count). The van der Waals surface area contributed by atoms with E-state index in [4.69, 9.17) is 11.5 Å². The minimum Gasteiger partial charge on any atom is -0.399 e. The Morgan fingerprint density at radius 3 is 2.06 bits per heavy atom. The summed E-state index contributed by atoms with van der Waals surface area (Å²) in [5, 5.41) is 0. The molecule has 0 fully saturated rings. The standard InChI is InChI=1S/C15H18N2/c1-9-8-12(16)4-5-13(9)14-6-7-15(17)11(3)10(14)2/h4-8H,16-17H2,1-3H3. The first-order valence-corrected chi connectivity index (χ1v) is 5.73. The molecule has 0 saturated carbocycles. The van der Waals surface area contributed by atoms with Crippen LogP contribution in [-0.2, 0) is 0 Å². The van der Waals surface area contributed by atoms with Crippen molar-refractivity contribution in [2.75, 3.05) is 11.5 Å². The van der Waals surface area contributed by atoms with Gasteiger partial charge < -0.3 is 11.5 Å². The lowest BCUT2D eigenvalue weighted by Crippen LogP contribution is -1.96. The van der Waals surface area contributed by atoms with Gasteiger partial charge in [0.1, 0.15) is 0 Å². The first-order chi connectivity index (χ1) is 8.00. The summed E-state index contributed by atoms with van der Waals surface area (Å²) < 4.78 is 0. The van der Waals surface area contributed by atoms with Gasteiger partial charge in [-0.3, -0.25) is 0 Å². The summed E-state index contributed by atoms with van der Waals surface area (Å²) in [7, 11) is 0. The Labute approximate surface area is 102 Å². The average molecular weight is 226 g/mol. The number of aryl methyl sites for hydroxylation is 1. The molecule has 0 saturated heterocycles. The van der Waals surface area contributed by atoms with Crippen LogP contribution in [0, 0.1) is 20.8 Å². The molecule has 0 amide bonds. The molecular weight excluding hydrogens is 208 g/mol. The van der Waals surface area contributed by atoms with Crippen molar-refractivity contribution >= 4 is 11.4 Å². The van der Waals surface area contributed by atoms with Crippen LogP contribution in [0.1, 0.15) is 16.7 Å². The van der Waals surface area contributed by atoms with Gasteiger partial charge >= 0.3 is 0 Å². The van der Waals surface area contributed by atoms with Gasteiger partial charge in [-0.2, -0.15) is 0 Å². The van der Waals surface area contributed by atoms with Crippen LogP contribution >= 0.6 is 0 Å². The molecular formula is C15H18N2. The van der Waals surface area contributed by atoms with E-state index in [0.717, 1.165) is 16.9 Å². The highest BCUT2D eigenvalue weighted by molar-refractivity contribution is 5.75. The van der Waals surface area contributed by atoms with E-state index in [1.165, 1.54) is 22.3 Å². The van der Waals surface area contributed by atoms with Gasteiger partial charge in [0.05, 0.1) is 0 Å². The van der Waals surface area contributed by atoms with E-state index in [1.807, 2.05) is 18.2 Å². The van der Waals surface area contributed by atoms with Crippen molar-refractivity contribution in [2.24, 2.45) is 0 Å². The maximum absolute atomic E-state index is 5.91. The fourth-order valence-electron chi connectivity index (χ4n) is 2.12. The molecule has 0 aliphatic carbocycles. The summed E-state index contributed by atoms with van der Waals surface area (Å²) in [5.41, 5.74) is 19.4. The lowest BCUT2D eigenvalue weighted by molar-refractivity contribution is 1.33. The zero-order valence-corrected chi connectivity index (χ0v) is 10.5. The Bertz CT molecular complexity index is 571. The quantitative estimate of drug-likeness (QED) is 0.732. The van der Waals surface area contributed by atoms with E-state index in [0.29, 0.717) is 0 Å². The zero-order chi connectivity index (χ0) is 12.6. The minimum absolute atomic E-state index is 0.802. The van der Waals surface area contributed by atoms with Crippen molar-refractivity contribution in [3.05, 3.63) is 47.0 Å². The number of rotatable bonds is 1. The van der Waals surface area contributed by atoms with Gasteiger partial charge in [0, 0.05) is 11.4 Å². The molecule has 0 heterocycles. The predicted molar refractivity (Wildman–Crippen MR) is 74.9 cm³/mol. The highest BCUT2D eigenvalue weighted by Gasteiger charge is 2.08. The lowest BCUT2D eigenvalue weighted by atomic mass is 9.93. The second-order valence-corrected chi connectivity index (χ2v) is 4.53. The molecule has 0 aliphatic rings. The third-order valence-corrected chi connectivity index (χ3v) is 3.37. The molecule has 0 atom stereocenters. The van der Waals surface area contributed by atoms with E-state index in [1.54, 1.807) is 0 Å². The summed E-state index contributed by atoms with van der Waals surface area (Å²) in [5.74, 6) is 0. The van der Waals surface area contributed by atoms with Crippen LogP contribution in [0.2, 0.25) is 0 Å². The Morgan fingerprint density at radius 1 is 0.765 bits per heavy atom. The van der Waals surface area contributed by atoms with Crippen LogP contribution in [0.4, 0.5) is 11.4 Å². The first-order valence-electron chi connectivity index (χ1n) is 5.73. The van der Waals surface area contributed by atoms with E-state index in [9.17, 15) is 0 Å². The van der Waals surface area contributed by atoms with Gasteiger partial charge in [0.2, 0.25) is 0 Å². The normalized spacial score (nSPS) is 10.5. The van der Waals surface area contributed by atoms with E-state index < -0.39 is 0 Å². The Hall–Kier alpha value is -1.96. The van der Waals surface area contributed by atoms with Crippen LogP contribution in [0.5, 0.6) is 0 Å². The monoisotopic (exact) mass is 226 g/mol. The summed E-state index contributed by atoms with van der Waals surface area (Å²) in [4.78, 5) is 0. The fraction of sp³-hybridized carbons (Fsp3) is 0.200. The molecule has 0 aromatic heterocycles. The summed E-state index contributed by atoms with van der Waals surface area (Å²) >= 11 is 0. The van der Waals surface area contributed by atoms with Crippen molar-refractivity contribution in [1.82, 2.24) is 0 Å². The van der Waals surface area contributed by atoms with Crippen LogP contribution in [0.25, 0.3) is 11.1 Å². The minimum atomic E-state index is 0.802. The summed E-state index contributed by atoms with van der Waals surface area (Å²) in [6.07, 6.45) is 0. The topological polar surface area (TPSA) is 52.0 Å². The van der Waals surface area contributed by atoms with Crippen LogP contribution < -0.4 is 11.5 Å². The van der Waals surface area contributed by atoms with Gasteiger partial charge in [-0.25, -0.2) is 0 Å². The molecule has 4 N–H and O–H groups in total. The van der Waals surface area contributed by atoms with Crippen molar-refractivity contribution < 1.29 is 0 Å². The Balaban J connectivity index is 2.65. The molecule has 17 heavy (non-hydrogen) atoms. The SMILES string of the molecule is Cc1cc(N)ccc1-c1ccc(N)c(C)c1C. The third-order valence-electron chi connectivity index (χ3n) is 3.37. The number of nitrogens with two attached hydrogens (primary N) is 2. The molecule has 2 heteroatoms. The highest BCUT2D eigenvalue weighted by atomic mass is 14.6. The maximum Gasteiger partial charge on any atom is 0.0346 e. The van der Waals surface area contributed by atoms with Crippen LogP contribution in [-0.4, -0.2) is 0 Å². The van der Waals surface area contributed by atoms with Crippen molar-refractivity contribution in [2.45, 2.75) is 20.8 Å². The van der Waals surface area contributed by atoms with Gasteiger partial charge in [0.25, 0.3) is 0 Å². The second-order valence-electron chi connectivity index (χ2n) is 4.53. The second kappa shape index (κ2) is 4.13. The van der Waals surface area contributed by atoms with E-state index in [2.05, 4.69) is 32.9 Å². The lowest BCUT2D eigenvalue weighted by Gasteiger charge is -2.13. The molecule has 0 bridgehead atoms. The molecule has 2 aromatic carbocycles. The Kier molecular flexibility index (Phi) is 2.80. The molecule has 88 valence electrons. The number of benzene rings is 2. The van der Waals surface area contributed by atoms with Crippen molar-refractivity contribution in [1.29, 1.82) is 0 Å².